The molecule has 2 N–H and O–H groups in total. The number of hydrogen-bond donors (Lipinski definition) is 1. The number of nitrogens with zero attached hydrogens (tertiary/aromatic N) is 3. The number of nitriles is 1. The van der Waals surface area contributed by atoms with E-state index in [1.165, 1.54) is 6.07 Å². The highest BCUT2D eigenvalue weighted by molar-refractivity contribution is 6.00. The van der Waals surface area contributed by atoms with Gasteiger partial charge < -0.3 is 10.5 Å². The van der Waals surface area contributed by atoms with Crippen molar-refractivity contribution < 1.29 is 13.9 Å². The Bertz CT molecular complexity index is 1460. The molecule has 2 aromatic carbocycles. The van der Waals surface area contributed by atoms with E-state index < -0.39 is 5.92 Å². The minimum Gasteiger partial charge on any atom is -0.444 e. The number of benzene rings is 2. The standard InChI is InChI=1S/C28H25FN4O2/c1-16-9-10-17(11-21(16)29)26-20(15-33(32-26)18-7-5-4-6-8-18)24-19(14-30)27(31)35-23-13-28(2,3)12-22(34)25(23)24/h4-11,15,24H,12-13,31H2,1-3H3. The number of ether oxygens (including phenoxy) is 1. The summed E-state index contributed by atoms with van der Waals surface area (Å²) in [5, 5.41) is 14.8. The van der Waals surface area contributed by atoms with Gasteiger partial charge in [-0.15, -0.1) is 0 Å². The van der Waals surface area contributed by atoms with E-state index in [1.807, 2.05) is 44.2 Å². The van der Waals surface area contributed by atoms with Crippen molar-refractivity contribution >= 4 is 5.78 Å². The molecule has 1 aliphatic heterocycles. The molecular weight excluding hydrogens is 443 g/mol. The van der Waals surface area contributed by atoms with Gasteiger partial charge in [-0.1, -0.05) is 44.2 Å². The Labute approximate surface area is 203 Å². The van der Waals surface area contributed by atoms with Crippen LogP contribution in [-0.4, -0.2) is 15.6 Å². The molecule has 5 rings (SSSR count). The van der Waals surface area contributed by atoms with Crippen molar-refractivity contribution in [3.05, 3.63) is 94.5 Å². The number of para-hydroxylation sites is 1. The highest BCUT2D eigenvalue weighted by Crippen LogP contribution is 2.49. The first-order chi connectivity index (χ1) is 16.7. The van der Waals surface area contributed by atoms with Gasteiger partial charge in [0.1, 0.15) is 23.2 Å². The van der Waals surface area contributed by atoms with E-state index in [-0.39, 0.29) is 28.5 Å². The van der Waals surface area contributed by atoms with Crippen molar-refractivity contribution in [1.82, 2.24) is 9.78 Å². The van der Waals surface area contributed by atoms with Gasteiger partial charge in [0.05, 0.1) is 17.3 Å². The molecule has 0 fully saturated rings. The number of allylic oxidation sites excluding steroid dienone is 3. The Kier molecular flexibility index (Phi) is 5.32. The number of nitrogens with two attached hydrogens (primary N) is 1. The summed E-state index contributed by atoms with van der Waals surface area (Å²) in [6, 6.07) is 16.5. The van der Waals surface area contributed by atoms with Gasteiger partial charge in [0.25, 0.3) is 0 Å². The van der Waals surface area contributed by atoms with Crippen molar-refractivity contribution in [2.45, 2.75) is 39.5 Å². The highest BCUT2D eigenvalue weighted by Gasteiger charge is 2.44. The molecule has 2 heterocycles. The first-order valence-corrected chi connectivity index (χ1v) is 11.4. The van der Waals surface area contributed by atoms with Crippen LogP contribution >= 0.6 is 0 Å². The predicted molar refractivity (Wildman–Crippen MR) is 129 cm³/mol. The summed E-state index contributed by atoms with van der Waals surface area (Å²) in [7, 11) is 0. The van der Waals surface area contributed by atoms with Crippen LogP contribution in [0.2, 0.25) is 0 Å². The molecule has 7 heteroatoms. The summed E-state index contributed by atoms with van der Waals surface area (Å²) in [6.07, 6.45) is 2.64. The fourth-order valence-electron chi connectivity index (χ4n) is 4.87. The van der Waals surface area contributed by atoms with Crippen LogP contribution in [0.5, 0.6) is 0 Å². The van der Waals surface area contributed by atoms with Gasteiger partial charge in [-0.05, 0) is 36.1 Å². The lowest BCUT2D eigenvalue weighted by Crippen LogP contribution is -2.33. The SMILES string of the molecule is Cc1ccc(-c2nn(-c3ccccc3)cc2C2C(C#N)=C(N)OC3=C2C(=O)CC(C)(C)C3)cc1F. The van der Waals surface area contributed by atoms with Crippen molar-refractivity contribution in [1.29, 1.82) is 5.26 Å². The van der Waals surface area contributed by atoms with Crippen LogP contribution in [0.3, 0.4) is 0 Å². The van der Waals surface area contributed by atoms with Crippen LogP contribution in [0, 0.1) is 29.5 Å². The van der Waals surface area contributed by atoms with Crippen LogP contribution in [-0.2, 0) is 9.53 Å². The molecule has 0 saturated heterocycles. The molecule has 1 aliphatic carbocycles. The number of carbonyl (C=O) groups is 1. The molecule has 0 bridgehead atoms. The molecule has 35 heavy (non-hydrogen) atoms. The summed E-state index contributed by atoms with van der Waals surface area (Å²) in [5.41, 5.74) is 9.43. The zero-order valence-corrected chi connectivity index (χ0v) is 19.8. The summed E-state index contributed by atoms with van der Waals surface area (Å²) >= 11 is 0. The van der Waals surface area contributed by atoms with Gasteiger partial charge in [-0.25, -0.2) is 9.07 Å². The zero-order chi connectivity index (χ0) is 24.9. The van der Waals surface area contributed by atoms with E-state index in [1.54, 1.807) is 29.9 Å². The van der Waals surface area contributed by atoms with Gasteiger partial charge in [0, 0.05) is 35.7 Å². The quantitative estimate of drug-likeness (QED) is 0.553. The summed E-state index contributed by atoms with van der Waals surface area (Å²) in [4.78, 5) is 13.4. The third-order valence-electron chi connectivity index (χ3n) is 6.60. The van der Waals surface area contributed by atoms with Gasteiger partial charge >= 0.3 is 0 Å². The maximum Gasteiger partial charge on any atom is 0.205 e. The van der Waals surface area contributed by atoms with Gasteiger partial charge in [-0.3, -0.25) is 4.79 Å². The number of rotatable bonds is 3. The van der Waals surface area contributed by atoms with E-state index in [2.05, 4.69) is 6.07 Å². The van der Waals surface area contributed by atoms with E-state index in [0.717, 1.165) is 5.69 Å². The molecule has 3 aromatic rings. The Balaban J connectivity index is 1.78. The second kappa shape index (κ2) is 8.24. The number of hydrogen-bond acceptors (Lipinski definition) is 5. The molecule has 1 aromatic heterocycles. The van der Waals surface area contributed by atoms with E-state index in [9.17, 15) is 14.4 Å². The van der Waals surface area contributed by atoms with Crippen LogP contribution < -0.4 is 5.73 Å². The van der Waals surface area contributed by atoms with Crippen LogP contribution in [0.15, 0.2) is 77.5 Å². The van der Waals surface area contributed by atoms with Crippen LogP contribution in [0.4, 0.5) is 4.39 Å². The predicted octanol–water partition coefficient (Wildman–Crippen LogP) is 5.44. The largest absolute Gasteiger partial charge is 0.444 e. The minimum absolute atomic E-state index is 0.0183. The maximum absolute atomic E-state index is 14.6. The smallest absolute Gasteiger partial charge is 0.205 e. The fraction of sp³-hybridized carbons (Fsp3) is 0.250. The molecule has 6 nitrogen and oxygen atoms in total. The van der Waals surface area contributed by atoms with Gasteiger partial charge in [-0.2, -0.15) is 10.4 Å². The average molecular weight is 469 g/mol. The lowest BCUT2D eigenvalue weighted by atomic mass is 9.70. The number of halogens is 1. The lowest BCUT2D eigenvalue weighted by molar-refractivity contribution is -0.119. The molecule has 1 atom stereocenters. The van der Waals surface area contributed by atoms with E-state index in [0.29, 0.717) is 46.6 Å². The Morgan fingerprint density at radius 2 is 1.94 bits per heavy atom. The van der Waals surface area contributed by atoms with E-state index >= 15 is 0 Å². The molecule has 0 spiro atoms. The molecule has 2 aliphatic rings. The topological polar surface area (TPSA) is 93.9 Å². The normalized spacial score (nSPS) is 19.3. The highest BCUT2D eigenvalue weighted by atomic mass is 19.1. The number of carbonyl (C=O) groups excluding carboxylic acids is 1. The van der Waals surface area contributed by atoms with E-state index in [4.69, 9.17) is 15.6 Å². The zero-order valence-electron chi connectivity index (χ0n) is 19.8. The Morgan fingerprint density at radius 1 is 1.20 bits per heavy atom. The Hall–Kier alpha value is -4.18. The third-order valence-corrected chi connectivity index (χ3v) is 6.60. The summed E-state index contributed by atoms with van der Waals surface area (Å²) in [5.74, 6) is -0.740. The number of aryl methyl sites for hydroxylation is 1. The van der Waals surface area contributed by atoms with Gasteiger partial charge in [0.15, 0.2) is 5.78 Å². The summed E-state index contributed by atoms with van der Waals surface area (Å²) in [6.45, 7) is 5.69. The molecular formula is C28H25FN4O2. The van der Waals surface area contributed by atoms with Crippen LogP contribution in [0.1, 0.15) is 43.7 Å². The fourth-order valence-corrected chi connectivity index (χ4v) is 4.87. The number of Topliss-reactive ketones (excluding diaryl/α,β-unsaturated/α-hetero) is 1. The first kappa shape index (κ1) is 22.6. The average Bonchev–Trinajstić information content (AvgIpc) is 3.25. The molecule has 176 valence electrons. The van der Waals surface area contributed by atoms with Crippen molar-refractivity contribution in [3.63, 3.8) is 0 Å². The minimum atomic E-state index is -0.760. The molecule has 0 saturated carbocycles. The second-order valence-corrected chi connectivity index (χ2v) is 9.88. The molecule has 0 amide bonds. The van der Waals surface area contributed by atoms with Crippen molar-refractivity contribution in [2.24, 2.45) is 11.1 Å². The molecule has 0 radical (unpaired) electrons. The van der Waals surface area contributed by atoms with Crippen molar-refractivity contribution in [3.8, 4) is 23.0 Å². The molecule has 1 unspecified atom stereocenters. The second-order valence-electron chi connectivity index (χ2n) is 9.88. The van der Waals surface area contributed by atoms with Crippen molar-refractivity contribution in [2.75, 3.05) is 0 Å². The monoisotopic (exact) mass is 468 g/mol. The maximum atomic E-state index is 14.6. The Morgan fingerprint density at radius 3 is 2.63 bits per heavy atom. The van der Waals surface area contributed by atoms with Gasteiger partial charge in [0.2, 0.25) is 5.88 Å². The lowest BCUT2D eigenvalue weighted by Gasteiger charge is -2.37. The first-order valence-electron chi connectivity index (χ1n) is 11.4. The van der Waals surface area contributed by atoms with Crippen LogP contribution in [0.25, 0.3) is 16.9 Å². The third kappa shape index (κ3) is 3.91. The number of aromatic nitrogens is 2. The summed E-state index contributed by atoms with van der Waals surface area (Å²) < 4.78 is 22.1. The number of ketones is 1.